The van der Waals surface area contributed by atoms with Gasteiger partial charge in [0.15, 0.2) is 0 Å². The summed E-state index contributed by atoms with van der Waals surface area (Å²) in [6.45, 7) is 2.19. The van der Waals surface area contributed by atoms with Crippen LogP contribution in [0.3, 0.4) is 0 Å². The SMILES string of the molecule is NC(Cc1ccc(O)cc1)C(=O)N1CCCN(C(=O)OCc2ccccc2)CC1. The van der Waals surface area contributed by atoms with Crippen LogP contribution < -0.4 is 5.73 Å². The molecule has 1 aliphatic heterocycles. The van der Waals surface area contributed by atoms with E-state index >= 15 is 0 Å². The van der Waals surface area contributed by atoms with Crippen LogP contribution in [0, 0.1) is 0 Å². The van der Waals surface area contributed by atoms with Gasteiger partial charge in [-0.3, -0.25) is 4.79 Å². The van der Waals surface area contributed by atoms with E-state index in [1.807, 2.05) is 30.3 Å². The molecule has 3 N–H and O–H groups in total. The lowest BCUT2D eigenvalue weighted by Gasteiger charge is -2.24. The highest BCUT2D eigenvalue weighted by Gasteiger charge is 2.26. The van der Waals surface area contributed by atoms with E-state index in [9.17, 15) is 14.7 Å². The Morgan fingerprint density at radius 3 is 2.31 bits per heavy atom. The predicted octanol–water partition coefficient (Wildman–Crippen LogP) is 2.13. The van der Waals surface area contributed by atoms with E-state index in [2.05, 4.69) is 0 Å². The molecule has 1 heterocycles. The van der Waals surface area contributed by atoms with Gasteiger partial charge >= 0.3 is 6.09 Å². The van der Waals surface area contributed by atoms with Gasteiger partial charge in [-0.2, -0.15) is 0 Å². The second-order valence-corrected chi connectivity index (χ2v) is 7.18. The summed E-state index contributed by atoms with van der Waals surface area (Å²) in [7, 11) is 0. The third-order valence-corrected chi connectivity index (χ3v) is 4.98. The zero-order valence-corrected chi connectivity index (χ0v) is 16.4. The Labute approximate surface area is 170 Å². The Hall–Kier alpha value is -3.06. The number of phenols is 1. The minimum Gasteiger partial charge on any atom is -0.508 e. The fourth-order valence-corrected chi connectivity index (χ4v) is 3.34. The fraction of sp³-hybridized carbons (Fsp3) is 0.364. The molecule has 0 radical (unpaired) electrons. The van der Waals surface area contributed by atoms with Crippen molar-refractivity contribution in [3.05, 3.63) is 65.7 Å². The highest BCUT2D eigenvalue weighted by Crippen LogP contribution is 2.13. The normalized spacial score (nSPS) is 15.5. The van der Waals surface area contributed by atoms with Gasteiger partial charge in [0.05, 0.1) is 6.04 Å². The number of aromatic hydroxyl groups is 1. The van der Waals surface area contributed by atoms with Gasteiger partial charge in [0.1, 0.15) is 12.4 Å². The second-order valence-electron chi connectivity index (χ2n) is 7.18. The Morgan fingerprint density at radius 1 is 0.931 bits per heavy atom. The monoisotopic (exact) mass is 397 g/mol. The molecule has 1 saturated heterocycles. The molecule has 0 aromatic heterocycles. The molecular weight excluding hydrogens is 370 g/mol. The lowest BCUT2D eigenvalue weighted by molar-refractivity contribution is -0.132. The maximum absolute atomic E-state index is 12.7. The van der Waals surface area contributed by atoms with Crippen LogP contribution in [0.4, 0.5) is 4.79 Å². The summed E-state index contributed by atoms with van der Waals surface area (Å²) in [4.78, 5) is 28.4. The number of benzene rings is 2. The van der Waals surface area contributed by atoms with E-state index in [0.717, 1.165) is 11.1 Å². The van der Waals surface area contributed by atoms with Crippen LogP contribution in [0.2, 0.25) is 0 Å². The average molecular weight is 397 g/mol. The zero-order chi connectivity index (χ0) is 20.6. The van der Waals surface area contributed by atoms with Gasteiger partial charge in [-0.25, -0.2) is 4.79 Å². The molecule has 0 saturated carbocycles. The first-order chi connectivity index (χ1) is 14.0. The molecule has 1 fully saturated rings. The fourth-order valence-electron chi connectivity index (χ4n) is 3.34. The molecule has 2 aromatic rings. The molecule has 7 nitrogen and oxygen atoms in total. The van der Waals surface area contributed by atoms with Gasteiger partial charge in [-0.05, 0) is 36.1 Å². The first-order valence-electron chi connectivity index (χ1n) is 9.81. The number of amides is 2. The van der Waals surface area contributed by atoms with E-state index in [4.69, 9.17) is 10.5 Å². The summed E-state index contributed by atoms with van der Waals surface area (Å²) < 4.78 is 5.39. The van der Waals surface area contributed by atoms with Crippen molar-refractivity contribution in [3.63, 3.8) is 0 Å². The molecule has 1 aliphatic rings. The summed E-state index contributed by atoms with van der Waals surface area (Å²) in [5, 5.41) is 9.36. The molecule has 7 heteroatoms. The van der Waals surface area contributed by atoms with Gasteiger partial charge in [0, 0.05) is 26.2 Å². The number of rotatable bonds is 5. The van der Waals surface area contributed by atoms with Gasteiger partial charge < -0.3 is 25.4 Å². The number of hydrogen-bond acceptors (Lipinski definition) is 5. The molecule has 3 rings (SSSR count). The van der Waals surface area contributed by atoms with Gasteiger partial charge in [0.25, 0.3) is 0 Å². The second kappa shape index (κ2) is 9.93. The van der Waals surface area contributed by atoms with Crippen LogP contribution in [0.15, 0.2) is 54.6 Å². The summed E-state index contributed by atoms with van der Waals surface area (Å²) in [6.07, 6.45) is 0.716. The first kappa shape index (κ1) is 20.7. The molecule has 2 amide bonds. The third-order valence-electron chi connectivity index (χ3n) is 4.98. The topological polar surface area (TPSA) is 96.1 Å². The van der Waals surface area contributed by atoms with Crippen molar-refractivity contribution in [2.45, 2.75) is 25.5 Å². The van der Waals surface area contributed by atoms with Gasteiger partial charge in [-0.15, -0.1) is 0 Å². The number of carbonyl (C=O) groups excluding carboxylic acids is 2. The van der Waals surface area contributed by atoms with Crippen LogP contribution in [0.5, 0.6) is 5.75 Å². The number of phenolic OH excluding ortho intramolecular Hbond substituents is 1. The molecule has 154 valence electrons. The van der Waals surface area contributed by atoms with Crippen molar-refractivity contribution in [3.8, 4) is 5.75 Å². The largest absolute Gasteiger partial charge is 0.508 e. The van der Waals surface area contributed by atoms with Crippen molar-refractivity contribution in [2.75, 3.05) is 26.2 Å². The lowest BCUT2D eigenvalue weighted by Crippen LogP contribution is -2.46. The lowest BCUT2D eigenvalue weighted by atomic mass is 10.1. The highest BCUT2D eigenvalue weighted by atomic mass is 16.6. The molecule has 0 bridgehead atoms. The molecule has 2 aromatic carbocycles. The van der Waals surface area contributed by atoms with Crippen LogP contribution in [0.1, 0.15) is 17.5 Å². The first-order valence-corrected chi connectivity index (χ1v) is 9.81. The standard InChI is InChI=1S/C22H27N3O4/c23-20(15-17-7-9-19(26)10-8-17)21(27)24-11-4-12-25(14-13-24)22(28)29-16-18-5-2-1-3-6-18/h1-3,5-10,20,26H,4,11-16,23H2. The molecule has 29 heavy (non-hydrogen) atoms. The number of nitrogens with two attached hydrogens (primary N) is 1. The van der Waals surface area contributed by atoms with Crippen molar-refractivity contribution < 1.29 is 19.4 Å². The van der Waals surface area contributed by atoms with Crippen molar-refractivity contribution in [2.24, 2.45) is 5.73 Å². The van der Waals surface area contributed by atoms with Crippen molar-refractivity contribution in [1.82, 2.24) is 9.80 Å². The molecule has 1 atom stereocenters. The van der Waals surface area contributed by atoms with E-state index in [-0.39, 0.29) is 24.4 Å². The summed E-state index contributed by atoms with van der Waals surface area (Å²) >= 11 is 0. The smallest absolute Gasteiger partial charge is 0.410 e. The highest BCUT2D eigenvalue weighted by molar-refractivity contribution is 5.82. The quantitative estimate of drug-likeness (QED) is 0.806. The van der Waals surface area contributed by atoms with E-state index in [1.165, 1.54) is 0 Å². The van der Waals surface area contributed by atoms with Gasteiger partial charge in [0.2, 0.25) is 5.91 Å². The van der Waals surface area contributed by atoms with Crippen LogP contribution in [-0.4, -0.2) is 59.1 Å². The average Bonchev–Trinajstić information content (AvgIpc) is 3.00. The summed E-state index contributed by atoms with van der Waals surface area (Å²) in [5.74, 6) is 0.0537. The van der Waals surface area contributed by atoms with E-state index in [0.29, 0.717) is 39.0 Å². The summed E-state index contributed by atoms with van der Waals surface area (Å²) in [6, 6.07) is 15.6. The van der Waals surface area contributed by atoms with Gasteiger partial charge in [-0.1, -0.05) is 42.5 Å². The Morgan fingerprint density at radius 2 is 1.59 bits per heavy atom. The minimum absolute atomic E-state index is 0.127. The van der Waals surface area contributed by atoms with Crippen LogP contribution in [0.25, 0.3) is 0 Å². The Kier molecular flexibility index (Phi) is 7.08. The van der Waals surface area contributed by atoms with Crippen molar-refractivity contribution in [1.29, 1.82) is 0 Å². The number of hydrogen-bond donors (Lipinski definition) is 2. The molecule has 0 spiro atoms. The third kappa shape index (κ3) is 5.96. The number of ether oxygens (including phenoxy) is 1. The maximum atomic E-state index is 12.7. The minimum atomic E-state index is -0.656. The van der Waals surface area contributed by atoms with Crippen LogP contribution >= 0.6 is 0 Å². The van der Waals surface area contributed by atoms with Crippen molar-refractivity contribution >= 4 is 12.0 Å². The molecular formula is C22H27N3O4. The number of nitrogens with zero attached hydrogens (tertiary/aromatic N) is 2. The number of carbonyl (C=O) groups is 2. The Balaban J connectivity index is 1.48. The molecule has 0 aliphatic carbocycles. The molecule has 1 unspecified atom stereocenters. The Bertz CT molecular complexity index is 811. The predicted molar refractivity (Wildman–Crippen MR) is 109 cm³/mol. The van der Waals surface area contributed by atoms with Crippen LogP contribution in [-0.2, 0) is 22.6 Å². The van der Waals surface area contributed by atoms with E-state index in [1.54, 1.807) is 34.1 Å². The van der Waals surface area contributed by atoms with E-state index < -0.39 is 6.04 Å². The zero-order valence-electron chi connectivity index (χ0n) is 16.4. The summed E-state index contributed by atoms with van der Waals surface area (Å²) in [5.41, 5.74) is 7.95. The maximum Gasteiger partial charge on any atom is 0.410 e.